The molecule has 23 heavy (non-hydrogen) atoms. The molecule has 0 amide bonds. The Bertz CT molecular complexity index is 643. The van der Waals surface area contributed by atoms with E-state index in [1.165, 1.54) is 0 Å². The fourth-order valence-corrected chi connectivity index (χ4v) is 3.62. The van der Waals surface area contributed by atoms with Gasteiger partial charge in [-0.15, -0.1) is 0 Å². The number of alkyl halides is 3. The number of hydrogen-bond donors (Lipinski definition) is 0. The maximum Gasteiger partial charge on any atom is 0.228 e. The lowest BCUT2D eigenvalue weighted by Crippen LogP contribution is -2.48. The number of methoxy groups -OCH3 is 1. The molecule has 2 aromatic carbocycles. The summed E-state index contributed by atoms with van der Waals surface area (Å²) in [4.78, 5) is 4.23. The van der Waals surface area contributed by atoms with Crippen molar-refractivity contribution >= 4 is 46.2 Å². The number of para-hydroxylation sites is 1. The van der Waals surface area contributed by atoms with E-state index in [9.17, 15) is 0 Å². The van der Waals surface area contributed by atoms with Gasteiger partial charge in [-0.3, -0.25) is 0 Å². The summed E-state index contributed by atoms with van der Waals surface area (Å²) < 4.78 is 3.77. The van der Waals surface area contributed by atoms with Crippen molar-refractivity contribution in [2.75, 3.05) is 30.0 Å². The molecule has 0 radical (unpaired) electrons. The van der Waals surface area contributed by atoms with E-state index < -0.39 is 3.79 Å². The predicted octanol–water partition coefficient (Wildman–Crippen LogP) is 4.72. The Morgan fingerprint density at radius 1 is 0.870 bits per heavy atom. The summed E-state index contributed by atoms with van der Waals surface area (Å²) in [6, 6.07) is 17.8. The average Bonchev–Trinajstić information content (AvgIpc) is 3.01. The quantitative estimate of drug-likeness (QED) is 0.726. The molecule has 1 aliphatic heterocycles. The molecule has 0 spiro atoms. The Kier molecular flexibility index (Phi) is 4.81. The van der Waals surface area contributed by atoms with Gasteiger partial charge in [0.05, 0.1) is 7.11 Å². The Balaban J connectivity index is 1.94. The highest BCUT2D eigenvalue weighted by Gasteiger charge is 2.45. The molecule has 2 aromatic rings. The van der Waals surface area contributed by atoms with Crippen molar-refractivity contribution in [1.82, 2.24) is 0 Å². The summed E-state index contributed by atoms with van der Waals surface area (Å²) in [5, 5.41) is 0. The number of ether oxygens (including phenoxy) is 1. The van der Waals surface area contributed by atoms with Gasteiger partial charge in [0.1, 0.15) is 5.75 Å². The van der Waals surface area contributed by atoms with Crippen molar-refractivity contribution in [2.24, 2.45) is 0 Å². The Morgan fingerprint density at radius 3 is 1.87 bits per heavy atom. The minimum Gasteiger partial charge on any atom is -0.497 e. The van der Waals surface area contributed by atoms with Crippen LogP contribution in [-0.2, 0) is 0 Å². The first kappa shape index (κ1) is 16.6. The van der Waals surface area contributed by atoms with Gasteiger partial charge in [0.2, 0.25) is 3.79 Å². The van der Waals surface area contributed by atoms with Gasteiger partial charge in [-0.05, 0) is 36.4 Å². The first-order valence-corrected chi connectivity index (χ1v) is 8.43. The van der Waals surface area contributed by atoms with E-state index in [0.29, 0.717) is 0 Å². The minimum atomic E-state index is -1.44. The zero-order valence-corrected chi connectivity index (χ0v) is 14.9. The number of hydrogen-bond acceptors (Lipinski definition) is 3. The van der Waals surface area contributed by atoms with Crippen molar-refractivity contribution in [3.8, 4) is 5.75 Å². The van der Waals surface area contributed by atoms with Crippen LogP contribution >= 0.6 is 34.8 Å². The van der Waals surface area contributed by atoms with Crippen molar-refractivity contribution in [3.05, 3.63) is 54.6 Å². The zero-order chi connectivity index (χ0) is 16.4. The second kappa shape index (κ2) is 6.68. The fourth-order valence-electron chi connectivity index (χ4n) is 2.92. The first-order chi connectivity index (χ1) is 11.0. The summed E-state index contributed by atoms with van der Waals surface area (Å²) >= 11 is 18.9. The van der Waals surface area contributed by atoms with Crippen LogP contribution in [0.1, 0.15) is 0 Å². The van der Waals surface area contributed by atoms with Crippen molar-refractivity contribution in [2.45, 2.75) is 9.96 Å². The van der Waals surface area contributed by atoms with Gasteiger partial charge in [0, 0.05) is 24.5 Å². The third-order valence-electron chi connectivity index (χ3n) is 3.96. The van der Waals surface area contributed by atoms with Crippen LogP contribution in [0, 0.1) is 0 Å². The molecule has 1 heterocycles. The van der Waals surface area contributed by atoms with E-state index in [2.05, 4.69) is 9.80 Å². The second-order valence-corrected chi connectivity index (χ2v) is 7.70. The van der Waals surface area contributed by atoms with E-state index in [1.807, 2.05) is 54.6 Å². The number of halogens is 3. The van der Waals surface area contributed by atoms with Crippen molar-refractivity contribution in [1.29, 1.82) is 0 Å². The zero-order valence-electron chi connectivity index (χ0n) is 12.6. The Hall–Kier alpha value is -1.29. The number of anilines is 2. The standard InChI is InChI=1S/C17H17Cl3N2O/c1-23-15-9-7-14(8-10-15)22-12-11-21(16(22)17(18,19)20)13-5-3-2-4-6-13/h2-10,16H,11-12H2,1H3. The Labute approximate surface area is 151 Å². The molecule has 0 saturated carbocycles. The monoisotopic (exact) mass is 370 g/mol. The van der Waals surface area contributed by atoms with E-state index in [4.69, 9.17) is 39.5 Å². The van der Waals surface area contributed by atoms with E-state index >= 15 is 0 Å². The fraction of sp³-hybridized carbons (Fsp3) is 0.294. The van der Waals surface area contributed by atoms with Crippen LogP contribution in [0.5, 0.6) is 5.75 Å². The van der Waals surface area contributed by atoms with Crippen LogP contribution in [0.4, 0.5) is 11.4 Å². The molecule has 1 fully saturated rings. The molecule has 0 aromatic heterocycles. The summed E-state index contributed by atoms with van der Waals surface area (Å²) in [6.45, 7) is 1.56. The van der Waals surface area contributed by atoms with Crippen LogP contribution in [-0.4, -0.2) is 30.2 Å². The molecular formula is C17H17Cl3N2O. The molecule has 0 N–H and O–H groups in total. The average molecular weight is 372 g/mol. The third-order valence-corrected chi connectivity index (χ3v) is 4.54. The molecule has 3 rings (SSSR count). The lowest BCUT2D eigenvalue weighted by molar-refractivity contribution is 0.415. The molecule has 6 heteroatoms. The Morgan fingerprint density at radius 2 is 1.39 bits per heavy atom. The second-order valence-electron chi connectivity index (χ2n) is 5.34. The number of benzene rings is 2. The largest absolute Gasteiger partial charge is 0.497 e. The number of nitrogens with zero attached hydrogens (tertiary/aromatic N) is 2. The maximum atomic E-state index is 6.31. The van der Waals surface area contributed by atoms with Crippen LogP contribution in [0.25, 0.3) is 0 Å². The van der Waals surface area contributed by atoms with Crippen molar-refractivity contribution < 1.29 is 4.74 Å². The summed E-state index contributed by atoms with van der Waals surface area (Å²) in [6.07, 6.45) is -0.372. The number of rotatable bonds is 3. The molecule has 0 aliphatic carbocycles. The summed E-state index contributed by atoms with van der Waals surface area (Å²) in [5.74, 6) is 0.804. The van der Waals surface area contributed by atoms with Gasteiger partial charge in [0.25, 0.3) is 0 Å². The van der Waals surface area contributed by atoms with E-state index in [-0.39, 0.29) is 6.17 Å². The lowest BCUT2D eigenvalue weighted by atomic mass is 10.2. The van der Waals surface area contributed by atoms with Crippen LogP contribution < -0.4 is 14.5 Å². The van der Waals surface area contributed by atoms with Gasteiger partial charge in [-0.2, -0.15) is 0 Å². The topological polar surface area (TPSA) is 15.7 Å². The summed E-state index contributed by atoms with van der Waals surface area (Å²) in [7, 11) is 1.64. The van der Waals surface area contributed by atoms with Crippen LogP contribution in [0.15, 0.2) is 54.6 Å². The minimum absolute atomic E-state index is 0.372. The van der Waals surface area contributed by atoms with Crippen molar-refractivity contribution in [3.63, 3.8) is 0 Å². The van der Waals surface area contributed by atoms with E-state index in [0.717, 1.165) is 30.2 Å². The predicted molar refractivity (Wildman–Crippen MR) is 98.2 cm³/mol. The molecule has 1 aliphatic rings. The highest BCUT2D eigenvalue weighted by atomic mass is 35.6. The van der Waals surface area contributed by atoms with Crippen LogP contribution in [0.2, 0.25) is 0 Å². The first-order valence-electron chi connectivity index (χ1n) is 7.30. The highest BCUT2D eigenvalue weighted by molar-refractivity contribution is 6.68. The molecule has 3 nitrogen and oxygen atoms in total. The van der Waals surface area contributed by atoms with Gasteiger partial charge < -0.3 is 14.5 Å². The maximum absolute atomic E-state index is 6.31. The van der Waals surface area contributed by atoms with Gasteiger partial charge in [-0.1, -0.05) is 53.0 Å². The highest BCUT2D eigenvalue weighted by Crippen LogP contribution is 2.41. The molecule has 0 bridgehead atoms. The summed E-state index contributed by atoms with van der Waals surface area (Å²) in [5.41, 5.74) is 2.04. The van der Waals surface area contributed by atoms with Gasteiger partial charge in [-0.25, -0.2) is 0 Å². The third kappa shape index (κ3) is 3.47. The van der Waals surface area contributed by atoms with Gasteiger partial charge >= 0.3 is 0 Å². The molecule has 1 atom stereocenters. The normalized spacial score (nSPS) is 18.3. The van der Waals surface area contributed by atoms with Gasteiger partial charge in [0.15, 0.2) is 6.17 Å². The molecule has 1 saturated heterocycles. The van der Waals surface area contributed by atoms with E-state index in [1.54, 1.807) is 7.11 Å². The SMILES string of the molecule is COc1ccc(N2CCN(c3ccccc3)C2C(Cl)(Cl)Cl)cc1. The lowest BCUT2D eigenvalue weighted by Gasteiger charge is -2.37. The smallest absolute Gasteiger partial charge is 0.228 e. The molecule has 122 valence electrons. The molecular weight excluding hydrogens is 355 g/mol. The molecule has 1 unspecified atom stereocenters. The van der Waals surface area contributed by atoms with Crippen LogP contribution in [0.3, 0.4) is 0 Å².